The van der Waals surface area contributed by atoms with Crippen molar-refractivity contribution in [3.8, 4) is 34.3 Å². The summed E-state index contributed by atoms with van der Waals surface area (Å²) in [4.78, 5) is 12.5. The van der Waals surface area contributed by atoms with E-state index in [-0.39, 0.29) is 11.7 Å². The van der Waals surface area contributed by atoms with E-state index in [1.54, 1.807) is 39.7 Å². The van der Waals surface area contributed by atoms with Gasteiger partial charge in [-0.15, -0.1) is 10.2 Å². The molecule has 0 saturated carbocycles. The number of thioether (sulfide) groups is 1. The minimum Gasteiger partial charge on any atom is -0.497 e. The number of rotatable bonds is 10. The van der Waals surface area contributed by atoms with Crippen molar-refractivity contribution in [1.82, 2.24) is 20.2 Å². The Kier molecular flexibility index (Phi) is 8.42. The molecular formula is C27H27N5O4S. The molecule has 0 bridgehead atoms. The van der Waals surface area contributed by atoms with E-state index in [1.165, 1.54) is 11.8 Å². The monoisotopic (exact) mass is 517 g/mol. The van der Waals surface area contributed by atoms with Crippen LogP contribution in [0.15, 0.2) is 77.0 Å². The van der Waals surface area contributed by atoms with Crippen LogP contribution >= 0.6 is 11.8 Å². The summed E-state index contributed by atoms with van der Waals surface area (Å²) in [6.45, 7) is 2.03. The topological polar surface area (TPSA) is 99.9 Å². The highest BCUT2D eigenvalue weighted by Crippen LogP contribution is 2.29. The van der Waals surface area contributed by atoms with Gasteiger partial charge in [-0.1, -0.05) is 41.6 Å². The highest BCUT2D eigenvalue weighted by molar-refractivity contribution is 7.99. The number of methoxy groups -OCH3 is 3. The van der Waals surface area contributed by atoms with Gasteiger partial charge in [0.1, 0.15) is 5.75 Å². The molecule has 10 heteroatoms. The van der Waals surface area contributed by atoms with Crippen LogP contribution in [0.4, 0.5) is 0 Å². The molecule has 0 spiro atoms. The minimum atomic E-state index is -0.275. The van der Waals surface area contributed by atoms with Crippen LogP contribution < -0.4 is 19.6 Å². The third-order valence-electron chi connectivity index (χ3n) is 5.42. The van der Waals surface area contributed by atoms with Crippen LogP contribution in [0.5, 0.6) is 17.2 Å². The lowest BCUT2D eigenvalue weighted by Gasteiger charge is -2.11. The number of nitrogens with zero attached hydrogens (tertiary/aromatic N) is 4. The maximum absolute atomic E-state index is 12.5. The third-order valence-corrected chi connectivity index (χ3v) is 6.35. The lowest BCUT2D eigenvalue weighted by molar-refractivity contribution is -0.118. The maximum Gasteiger partial charge on any atom is 0.250 e. The molecule has 3 aromatic carbocycles. The first-order valence-electron chi connectivity index (χ1n) is 11.4. The molecule has 0 fully saturated rings. The Morgan fingerprint density at radius 2 is 1.68 bits per heavy atom. The zero-order chi connectivity index (χ0) is 26.2. The van der Waals surface area contributed by atoms with Gasteiger partial charge in [0.2, 0.25) is 0 Å². The Balaban J connectivity index is 1.49. The number of hydrogen-bond acceptors (Lipinski definition) is 8. The van der Waals surface area contributed by atoms with Crippen LogP contribution in [-0.4, -0.2) is 54.0 Å². The largest absolute Gasteiger partial charge is 0.497 e. The fourth-order valence-corrected chi connectivity index (χ4v) is 4.24. The van der Waals surface area contributed by atoms with E-state index in [4.69, 9.17) is 14.2 Å². The summed E-state index contributed by atoms with van der Waals surface area (Å²) in [7, 11) is 4.76. The number of benzene rings is 3. The van der Waals surface area contributed by atoms with Gasteiger partial charge in [-0.25, -0.2) is 5.43 Å². The normalized spacial score (nSPS) is 10.9. The molecule has 9 nitrogen and oxygen atoms in total. The van der Waals surface area contributed by atoms with E-state index in [0.29, 0.717) is 22.5 Å². The van der Waals surface area contributed by atoms with Crippen molar-refractivity contribution in [1.29, 1.82) is 0 Å². The van der Waals surface area contributed by atoms with Gasteiger partial charge in [-0.2, -0.15) is 5.10 Å². The van der Waals surface area contributed by atoms with E-state index in [0.717, 1.165) is 28.1 Å². The molecule has 37 heavy (non-hydrogen) atoms. The summed E-state index contributed by atoms with van der Waals surface area (Å²) in [5.74, 6) is 2.45. The smallest absolute Gasteiger partial charge is 0.250 e. The third kappa shape index (κ3) is 6.28. The Labute approximate surface area is 219 Å². The number of carbonyl (C=O) groups excluding carboxylic acids is 1. The first kappa shape index (κ1) is 25.8. The van der Waals surface area contributed by atoms with Crippen LogP contribution in [0.2, 0.25) is 0 Å². The summed E-state index contributed by atoms with van der Waals surface area (Å²) in [5.41, 5.74) is 6.24. The van der Waals surface area contributed by atoms with Gasteiger partial charge < -0.3 is 14.2 Å². The maximum atomic E-state index is 12.5. The van der Waals surface area contributed by atoms with E-state index in [2.05, 4.69) is 20.7 Å². The molecule has 0 aliphatic heterocycles. The van der Waals surface area contributed by atoms with Gasteiger partial charge in [-0.3, -0.25) is 9.36 Å². The van der Waals surface area contributed by atoms with Crippen molar-refractivity contribution in [3.05, 3.63) is 77.9 Å². The molecule has 1 amide bonds. The Hall–Kier alpha value is -4.31. The predicted molar refractivity (Wildman–Crippen MR) is 144 cm³/mol. The number of ether oxygens (including phenoxy) is 3. The lowest BCUT2D eigenvalue weighted by Crippen LogP contribution is -2.20. The molecule has 1 N–H and O–H groups in total. The molecular weight excluding hydrogens is 490 g/mol. The fraction of sp³-hybridized carbons (Fsp3) is 0.185. The Morgan fingerprint density at radius 1 is 0.946 bits per heavy atom. The second-order valence-corrected chi connectivity index (χ2v) is 8.84. The van der Waals surface area contributed by atoms with E-state index < -0.39 is 0 Å². The lowest BCUT2D eigenvalue weighted by atomic mass is 10.1. The van der Waals surface area contributed by atoms with E-state index in [1.807, 2.05) is 66.1 Å². The molecule has 0 atom stereocenters. The van der Waals surface area contributed by atoms with Crippen molar-refractivity contribution in [2.75, 3.05) is 27.1 Å². The summed E-state index contributed by atoms with van der Waals surface area (Å²) in [5, 5.41) is 13.4. The van der Waals surface area contributed by atoms with Crippen LogP contribution in [0, 0.1) is 6.92 Å². The van der Waals surface area contributed by atoms with Gasteiger partial charge in [0, 0.05) is 11.3 Å². The molecule has 190 valence electrons. The molecule has 0 radical (unpaired) electrons. The van der Waals surface area contributed by atoms with Gasteiger partial charge >= 0.3 is 0 Å². The highest BCUT2D eigenvalue weighted by atomic mass is 32.2. The number of nitrogens with one attached hydrogen (secondary N) is 1. The quantitative estimate of drug-likeness (QED) is 0.188. The Bertz CT molecular complexity index is 1390. The van der Waals surface area contributed by atoms with E-state index in [9.17, 15) is 4.79 Å². The van der Waals surface area contributed by atoms with Gasteiger partial charge in [0.15, 0.2) is 22.5 Å². The number of aryl methyl sites for hydroxylation is 1. The minimum absolute atomic E-state index is 0.103. The van der Waals surface area contributed by atoms with Crippen molar-refractivity contribution in [2.24, 2.45) is 5.10 Å². The predicted octanol–water partition coefficient (Wildman–Crippen LogP) is 4.51. The van der Waals surface area contributed by atoms with Crippen molar-refractivity contribution in [2.45, 2.75) is 12.1 Å². The number of carbonyl (C=O) groups is 1. The summed E-state index contributed by atoms with van der Waals surface area (Å²) in [6, 6.07) is 21.0. The standard InChI is InChI=1S/C27H27N5O4S/c1-18-5-8-20(9-6-18)26-30-31-27(32(26)21-10-12-22(34-2)13-11-21)37-17-25(33)29-28-16-19-7-14-23(35-3)24(15-19)36-4/h5-16H,17H2,1-4H3,(H,29,33). The van der Waals surface area contributed by atoms with Gasteiger partial charge in [-0.05, 0) is 55.0 Å². The van der Waals surface area contributed by atoms with Gasteiger partial charge in [0.25, 0.3) is 5.91 Å². The second-order valence-electron chi connectivity index (χ2n) is 7.90. The van der Waals surface area contributed by atoms with Crippen LogP contribution in [0.25, 0.3) is 17.1 Å². The van der Waals surface area contributed by atoms with Crippen molar-refractivity contribution >= 4 is 23.9 Å². The van der Waals surface area contributed by atoms with E-state index >= 15 is 0 Å². The SMILES string of the molecule is COc1ccc(-n2c(SCC(=O)NN=Cc3ccc(OC)c(OC)c3)nnc2-c2ccc(C)cc2)cc1. The number of hydrazone groups is 1. The average Bonchev–Trinajstić information content (AvgIpc) is 3.36. The molecule has 0 aliphatic rings. The Morgan fingerprint density at radius 3 is 2.35 bits per heavy atom. The second kappa shape index (κ2) is 12.1. The molecule has 0 unspecified atom stereocenters. The van der Waals surface area contributed by atoms with Gasteiger partial charge in [0.05, 0.1) is 33.3 Å². The molecule has 1 heterocycles. The first-order chi connectivity index (χ1) is 18.0. The molecule has 4 rings (SSSR count). The molecule has 1 aromatic heterocycles. The van der Waals surface area contributed by atoms with Crippen LogP contribution in [0.1, 0.15) is 11.1 Å². The number of hydrogen-bond donors (Lipinski definition) is 1. The van der Waals surface area contributed by atoms with Crippen LogP contribution in [0.3, 0.4) is 0 Å². The molecule has 0 aliphatic carbocycles. The summed E-state index contributed by atoms with van der Waals surface area (Å²) >= 11 is 1.27. The zero-order valence-electron chi connectivity index (χ0n) is 21.0. The highest BCUT2D eigenvalue weighted by Gasteiger charge is 2.17. The van der Waals surface area contributed by atoms with Crippen molar-refractivity contribution in [3.63, 3.8) is 0 Å². The first-order valence-corrected chi connectivity index (χ1v) is 12.3. The zero-order valence-corrected chi connectivity index (χ0v) is 21.8. The summed E-state index contributed by atoms with van der Waals surface area (Å²) in [6.07, 6.45) is 1.54. The fourth-order valence-electron chi connectivity index (χ4n) is 3.49. The summed E-state index contributed by atoms with van der Waals surface area (Å²) < 4.78 is 17.7. The van der Waals surface area contributed by atoms with Crippen LogP contribution in [-0.2, 0) is 4.79 Å². The number of amides is 1. The average molecular weight is 518 g/mol. The molecule has 4 aromatic rings. The van der Waals surface area contributed by atoms with Crippen molar-refractivity contribution < 1.29 is 19.0 Å². The number of aromatic nitrogens is 3. The molecule has 0 saturated heterocycles.